The number of anilines is 1. The Morgan fingerprint density at radius 3 is 2.44 bits per heavy atom. The van der Waals surface area contributed by atoms with Gasteiger partial charge in [-0.15, -0.1) is 0 Å². The fraction of sp³-hybridized carbons (Fsp3) is 0.120. The smallest absolute Gasteiger partial charge is 0.296 e. The Labute approximate surface area is 197 Å². The first kappa shape index (κ1) is 21.6. The molecule has 0 unspecified atom stereocenters. The van der Waals surface area contributed by atoms with E-state index < -0.39 is 23.5 Å². The molecule has 34 heavy (non-hydrogen) atoms. The highest BCUT2D eigenvalue weighted by Crippen LogP contribution is 2.44. The van der Waals surface area contributed by atoms with E-state index in [1.807, 2.05) is 0 Å². The number of furan rings is 1. The van der Waals surface area contributed by atoms with Gasteiger partial charge in [-0.3, -0.25) is 19.3 Å². The molecule has 1 atom stereocenters. The highest BCUT2D eigenvalue weighted by molar-refractivity contribution is 7.17. The minimum absolute atomic E-state index is 0.00180. The van der Waals surface area contributed by atoms with E-state index in [9.17, 15) is 24.6 Å². The van der Waals surface area contributed by atoms with Crippen LogP contribution in [0.1, 0.15) is 44.4 Å². The molecule has 0 saturated carbocycles. The third-order valence-corrected chi connectivity index (χ3v) is 6.88. The van der Waals surface area contributed by atoms with Crippen molar-refractivity contribution in [3.05, 3.63) is 87.8 Å². The van der Waals surface area contributed by atoms with Crippen molar-refractivity contribution in [1.82, 2.24) is 4.98 Å². The molecule has 3 heterocycles. The number of aromatic hydroxyl groups is 1. The first-order valence-electron chi connectivity index (χ1n) is 10.3. The van der Waals surface area contributed by atoms with Crippen molar-refractivity contribution in [2.45, 2.75) is 19.9 Å². The van der Waals surface area contributed by atoms with Gasteiger partial charge in [-0.05, 0) is 36.8 Å². The lowest BCUT2D eigenvalue weighted by atomic mass is 9.95. The van der Waals surface area contributed by atoms with E-state index in [0.717, 1.165) is 11.3 Å². The molecule has 0 radical (unpaired) electrons. The number of aliphatic hydroxyl groups is 1. The van der Waals surface area contributed by atoms with E-state index >= 15 is 0 Å². The largest absolute Gasteiger partial charge is 0.508 e. The van der Waals surface area contributed by atoms with Crippen molar-refractivity contribution < 1.29 is 29.0 Å². The number of amides is 1. The van der Waals surface area contributed by atoms with Crippen LogP contribution in [-0.2, 0) is 4.79 Å². The summed E-state index contributed by atoms with van der Waals surface area (Å²) in [7, 11) is 0. The van der Waals surface area contributed by atoms with Crippen LogP contribution in [-0.4, -0.2) is 32.7 Å². The Morgan fingerprint density at radius 2 is 1.79 bits per heavy atom. The maximum absolute atomic E-state index is 13.6. The molecule has 2 N–H and O–H groups in total. The van der Waals surface area contributed by atoms with Gasteiger partial charge in [-0.1, -0.05) is 41.7 Å². The van der Waals surface area contributed by atoms with Gasteiger partial charge in [-0.25, -0.2) is 4.98 Å². The number of phenols is 1. The Hall–Kier alpha value is -4.24. The molecule has 9 heteroatoms. The summed E-state index contributed by atoms with van der Waals surface area (Å²) in [6.07, 6.45) is 0. The molecule has 1 amide bonds. The van der Waals surface area contributed by atoms with Gasteiger partial charge in [0.2, 0.25) is 5.78 Å². The van der Waals surface area contributed by atoms with Crippen LogP contribution in [0.5, 0.6) is 5.75 Å². The SMILES string of the molecule is CC(=O)c1sc(N2C(=O)C(O)=C(C(=O)c3cc4ccccc4o3)[C@@H]2c2ccc(O)cc2)nc1C. The number of fused-ring (bicyclic) bond motifs is 1. The standard InChI is InChI=1S/C25H18N2O6S/c1-12-23(13(2)28)34-25(26-12)27-20(14-7-9-16(29)10-8-14)19(22(31)24(27)32)21(30)18-11-15-5-3-4-6-17(15)33-18/h3-11,20,29,31H,1-2H3/t20-/m0/s1. The number of benzene rings is 2. The summed E-state index contributed by atoms with van der Waals surface area (Å²) in [6, 6.07) is 13.5. The van der Waals surface area contributed by atoms with Crippen LogP contribution in [0.15, 0.2) is 70.3 Å². The molecular formula is C25H18N2O6S. The minimum atomic E-state index is -1.04. The van der Waals surface area contributed by atoms with Crippen LogP contribution in [0.3, 0.4) is 0 Å². The summed E-state index contributed by atoms with van der Waals surface area (Å²) < 4.78 is 5.70. The maximum atomic E-state index is 13.6. The van der Waals surface area contributed by atoms with E-state index in [1.54, 1.807) is 49.4 Å². The molecule has 1 aliphatic rings. The van der Waals surface area contributed by atoms with E-state index in [-0.39, 0.29) is 28.0 Å². The molecule has 4 aromatic rings. The number of carbonyl (C=O) groups is 3. The van der Waals surface area contributed by atoms with E-state index in [0.29, 0.717) is 27.1 Å². The summed E-state index contributed by atoms with van der Waals surface area (Å²) in [6.45, 7) is 3.06. The molecule has 5 rings (SSSR count). The predicted octanol–water partition coefficient (Wildman–Crippen LogP) is 4.89. The molecule has 0 spiro atoms. The normalized spacial score (nSPS) is 16.0. The number of nitrogens with zero attached hydrogens (tertiary/aromatic N) is 2. The van der Waals surface area contributed by atoms with Crippen molar-refractivity contribution in [2.75, 3.05) is 4.90 Å². The number of aliphatic hydroxyl groups excluding tert-OH is 1. The molecule has 2 aromatic carbocycles. The second kappa shape index (κ2) is 7.96. The first-order valence-corrected chi connectivity index (χ1v) is 11.1. The number of rotatable bonds is 5. The highest BCUT2D eigenvalue weighted by atomic mass is 32.1. The van der Waals surface area contributed by atoms with Gasteiger partial charge in [0.1, 0.15) is 11.3 Å². The molecule has 2 aromatic heterocycles. The van der Waals surface area contributed by atoms with Crippen molar-refractivity contribution in [2.24, 2.45) is 0 Å². The van der Waals surface area contributed by atoms with Crippen LogP contribution in [0.25, 0.3) is 11.0 Å². The molecule has 1 aliphatic heterocycles. The number of aromatic nitrogens is 1. The van der Waals surface area contributed by atoms with Crippen LogP contribution in [0.4, 0.5) is 5.13 Å². The summed E-state index contributed by atoms with van der Waals surface area (Å²) in [4.78, 5) is 44.7. The molecule has 0 saturated heterocycles. The highest BCUT2D eigenvalue weighted by Gasteiger charge is 2.46. The third-order valence-electron chi connectivity index (χ3n) is 5.62. The zero-order valence-corrected chi connectivity index (χ0v) is 18.9. The van der Waals surface area contributed by atoms with E-state index in [1.165, 1.54) is 24.0 Å². The summed E-state index contributed by atoms with van der Waals surface area (Å²) in [5.41, 5.74) is 1.23. The van der Waals surface area contributed by atoms with Crippen molar-refractivity contribution >= 4 is 44.9 Å². The molecule has 8 nitrogen and oxygen atoms in total. The molecular weight excluding hydrogens is 456 g/mol. The molecule has 170 valence electrons. The van der Waals surface area contributed by atoms with Gasteiger partial charge in [-0.2, -0.15) is 0 Å². The van der Waals surface area contributed by atoms with Gasteiger partial charge in [0.05, 0.1) is 22.2 Å². The van der Waals surface area contributed by atoms with E-state index in [2.05, 4.69) is 4.98 Å². The number of ketones is 2. The lowest BCUT2D eigenvalue weighted by Crippen LogP contribution is -2.31. The topological polar surface area (TPSA) is 121 Å². The average molecular weight is 474 g/mol. The van der Waals surface area contributed by atoms with Crippen molar-refractivity contribution in [1.29, 1.82) is 0 Å². The van der Waals surface area contributed by atoms with Gasteiger partial charge in [0.15, 0.2) is 22.4 Å². The number of para-hydroxylation sites is 1. The summed E-state index contributed by atoms with van der Waals surface area (Å²) in [5.74, 6) is -2.42. The van der Waals surface area contributed by atoms with Crippen molar-refractivity contribution in [3.63, 3.8) is 0 Å². The number of carbonyl (C=O) groups excluding carboxylic acids is 3. The number of hydrogen-bond donors (Lipinski definition) is 2. The quantitative estimate of drug-likeness (QED) is 0.395. The number of aryl methyl sites for hydroxylation is 1. The van der Waals surface area contributed by atoms with Crippen LogP contribution in [0.2, 0.25) is 0 Å². The van der Waals surface area contributed by atoms with E-state index in [4.69, 9.17) is 4.42 Å². The van der Waals surface area contributed by atoms with Gasteiger partial charge < -0.3 is 14.6 Å². The number of thiazole rings is 1. The van der Waals surface area contributed by atoms with Gasteiger partial charge in [0.25, 0.3) is 5.91 Å². The monoisotopic (exact) mass is 474 g/mol. The Morgan fingerprint density at radius 1 is 1.09 bits per heavy atom. The van der Waals surface area contributed by atoms with Crippen LogP contribution in [0, 0.1) is 6.92 Å². The summed E-state index contributed by atoms with van der Waals surface area (Å²) >= 11 is 1.01. The minimum Gasteiger partial charge on any atom is -0.508 e. The Balaban J connectivity index is 1.67. The molecule has 0 bridgehead atoms. The predicted molar refractivity (Wildman–Crippen MR) is 125 cm³/mol. The zero-order valence-electron chi connectivity index (χ0n) is 18.1. The lowest BCUT2D eigenvalue weighted by Gasteiger charge is -2.24. The second-order valence-electron chi connectivity index (χ2n) is 7.88. The molecule has 0 fully saturated rings. The number of hydrogen-bond acceptors (Lipinski definition) is 8. The second-order valence-corrected chi connectivity index (χ2v) is 8.85. The summed E-state index contributed by atoms with van der Waals surface area (Å²) in [5, 5.41) is 21.5. The average Bonchev–Trinajstić information content (AvgIpc) is 3.48. The Bertz CT molecular complexity index is 1480. The lowest BCUT2D eigenvalue weighted by molar-refractivity contribution is -0.117. The van der Waals surface area contributed by atoms with Gasteiger partial charge in [0, 0.05) is 12.3 Å². The van der Waals surface area contributed by atoms with Crippen molar-refractivity contribution in [3.8, 4) is 5.75 Å². The number of phenolic OH excluding ortho intramolecular Hbond substituents is 1. The molecule has 0 aliphatic carbocycles. The number of Topliss-reactive ketones (excluding diaryl/α,β-unsaturated/α-hetero) is 2. The Kier molecular flexibility index (Phi) is 5.06. The zero-order chi connectivity index (χ0) is 24.1. The maximum Gasteiger partial charge on any atom is 0.296 e. The third kappa shape index (κ3) is 3.37. The fourth-order valence-electron chi connectivity index (χ4n) is 4.04. The van der Waals surface area contributed by atoms with Crippen LogP contribution >= 0.6 is 11.3 Å². The van der Waals surface area contributed by atoms with Crippen LogP contribution < -0.4 is 4.90 Å². The first-order chi connectivity index (χ1) is 16.3. The van der Waals surface area contributed by atoms with Gasteiger partial charge >= 0.3 is 0 Å². The fourth-order valence-corrected chi connectivity index (χ4v) is 5.03.